The smallest absolute Gasteiger partial charge is 0.156 e. The Kier molecular flexibility index (Phi) is 1.89. The minimum Gasteiger partial charge on any atom is -0.466 e. The molecule has 0 fully saturated rings. The average Bonchev–Trinajstić information content (AvgIpc) is 2.77. The standard InChI is InChI=1S/C7H6N2O2S/c10-7(5-4-12-9-8-5)6-2-1-3-11-6/h1-4,7,10H. The van der Waals surface area contributed by atoms with Crippen LogP contribution in [0.2, 0.25) is 0 Å². The number of aliphatic hydroxyl groups is 1. The normalized spacial score (nSPS) is 13.1. The lowest BCUT2D eigenvalue weighted by Crippen LogP contribution is -1.97. The summed E-state index contributed by atoms with van der Waals surface area (Å²) in [5, 5.41) is 15.0. The van der Waals surface area contributed by atoms with E-state index >= 15 is 0 Å². The highest BCUT2D eigenvalue weighted by atomic mass is 32.1. The molecule has 0 aliphatic carbocycles. The van der Waals surface area contributed by atoms with Gasteiger partial charge in [-0.2, -0.15) is 0 Å². The Balaban J connectivity index is 2.27. The molecule has 1 atom stereocenters. The van der Waals surface area contributed by atoms with Gasteiger partial charge >= 0.3 is 0 Å². The number of rotatable bonds is 2. The molecule has 0 bridgehead atoms. The van der Waals surface area contributed by atoms with E-state index in [4.69, 9.17) is 4.42 Å². The summed E-state index contributed by atoms with van der Waals surface area (Å²) in [6.07, 6.45) is 0.719. The van der Waals surface area contributed by atoms with Gasteiger partial charge in [0.1, 0.15) is 11.5 Å². The fraction of sp³-hybridized carbons (Fsp3) is 0.143. The Labute approximate surface area is 72.6 Å². The van der Waals surface area contributed by atoms with E-state index in [2.05, 4.69) is 9.59 Å². The average molecular weight is 182 g/mol. The lowest BCUT2D eigenvalue weighted by molar-refractivity contribution is 0.185. The van der Waals surface area contributed by atoms with E-state index in [-0.39, 0.29) is 0 Å². The van der Waals surface area contributed by atoms with E-state index in [0.29, 0.717) is 11.5 Å². The number of nitrogens with zero attached hydrogens (tertiary/aromatic N) is 2. The van der Waals surface area contributed by atoms with Gasteiger partial charge in [0.15, 0.2) is 6.10 Å². The van der Waals surface area contributed by atoms with Crippen LogP contribution in [0.1, 0.15) is 17.6 Å². The largest absolute Gasteiger partial charge is 0.466 e. The predicted molar refractivity (Wildman–Crippen MR) is 42.7 cm³/mol. The Morgan fingerprint density at radius 1 is 1.58 bits per heavy atom. The van der Waals surface area contributed by atoms with Crippen molar-refractivity contribution in [2.45, 2.75) is 6.10 Å². The summed E-state index contributed by atoms with van der Waals surface area (Å²) in [6.45, 7) is 0. The highest BCUT2D eigenvalue weighted by molar-refractivity contribution is 7.03. The van der Waals surface area contributed by atoms with Crippen LogP contribution in [-0.2, 0) is 0 Å². The number of hydrogen-bond acceptors (Lipinski definition) is 5. The Bertz CT molecular complexity index is 296. The third-order valence-corrected chi connectivity index (χ3v) is 1.99. The first-order chi connectivity index (χ1) is 5.88. The Morgan fingerprint density at radius 3 is 3.08 bits per heavy atom. The molecular formula is C7H6N2O2S. The maximum atomic E-state index is 9.58. The fourth-order valence-electron chi connectivity index (χ4n) is 0.884. The molecule has 5 heteroatoms. The van der Waals surface area contributed by atoms with Crippen LogP contribution in [0.25, 0.3) is 0 Å². The second kappa shape index (κ2) is 3.04. The van der Waals surface area contributed by atoms with Crippen LogP contribution in [0.4, 0.5) is 0 Å². The van der Waals surface area contributed by atoms with Crippen molar-refractivity contribution < 1.29 is 9.52 Å². The van der Waals surface area contributed by atoms with E-state index in [1.165, 1.54) is 17.8 Å². The highest BCUT2D eigenvalue weighted by Gasteiger charge is 2.15. The molecule has 0 aromatic carbocycles. The zero-order valence-electron chi connectivity index (χ0n) is 6.04. The summed E-state index contributed by atoms with van der Waals surface area (Å²) in [5.41, 5.74) is 0.523. The Morgan fingerprint density at radius 2 is 2.50 bits per heavy atom. The number of furan rings is 1. The molecule has 2 aromatic rings. The molecule has 2 aromatic heterocycles. The lowest BCUT2D eigenvalue weighted by atomic mass is 10.2. The first-order valence-electron chi connectivity index (χ1n) is 3.36. The molecule has 1 unspecified atom stereocenters. The van der Waals surface area contributed by atoms with Gasteiger partial charge in [0.25, 0.3) is 0 Å². The van der Waals surface area contributed by atoms with Gasteiger partial charge in [-0.25, -0.2) is 0 Å². The molecule has 0 saturated heterocycles. The van der Waals surface area contributed by atoms with Gasteiger partial charge in [0, 0.05) is 5.38 Å². The Hall–Kier alpha value is -1.20. The molecule has 0 aliphatic heterocycles. The SMILES string of the molecule is OC(c1csnn1)c1ccco1. The molecule has 0 radical (unpaired) electrons. The van der Waals surface area contributed by atoms with E-state index in [1.807, 2.05) is 0 Å². The minimum atomic E-state index is -0.793. The van der Waals surface area contributed by atoms with E-state index in [1.54, 1.807) is 17.5 Å². The third kappa shape index (κ3) is 1.24. The van der Waals surface area contributed by atoms with Crippen molar-refractivity contribution in [3.05, 3.63) is 35.2 Å². The molecule has 0 amide bonds. The maximum Gasteiger partial charge on any atom is 0.156 e. The highest BCUT2D eigenvalue weighted by Crippen LogP contribution is 2.20. The van der Waals surface area contributed by atoms with Gasteiger partial charge in [-0.15, -0.1) is 5.10 Å². The zero-order chi connectivity index (χ0) is 8.39. The molecule has 2 heterocycles. The van der Waals surface area contributed by atoms with Crippen LogP contribution < -0.4 is 0 Å². The molecule has 62 valence electrons. The van der Waals surface area contributed by atoms with Crippen molar-refractivity contribution in [2.24, 2.45) is 0 Å². The van der Waals surface area contributed by atoms with Gasteiger partial charge in [0.05, 0.1) is 6.26 Å². The second-order valence-electron chi connectivity index (χ2n) is 2.25. The number of hydrogen-bond donors (Lipinski definition) is 1. The fourth-order valence-corrected chi connectivity index (χ4v) is 1.36. The van der Waals surface area contributed by atoms with Crippen molar-refractivity contribution in [1.82, 2.24) is 9.59 Å². The van der Waals surface area contributed by atoms with Crippen molar-refractivity contribution in [1.29, 1.82) is 0 Å². The monoisotopic (exact) mass is 182 g/mol. The lowest BCUT2D eigenvalue weighted by Gasteiger charge is -2.00. The molecule has 4 nitrogen and oxygen atoms in total. The molecule has 12 heavy (non-hydrogen) atoms. The molecule has 2 rings (SSSR count). The summed E-state index contributed by atoms with van der Waals surface area (Å²) in [7, 11) is 0. The van der Waals surface area contributed by atoms with Crippen molar-refractivity contribution >= 4 is 11.5 Å². The summed E-state index contributed by atoms with van der Waals surface area (Å²) in [5.74, 6) is 0.489. The van der Waals surface area contributed by atoms with Crippen molar-refractivity contribution in [3.63, 3.8) is 0 Å². The van der Waals surface area contributed by atoms with E-state index in [9.17, 15) is 5.11 Å². The summed E-state index contributed by atoms with van der Waals surface area (Å²) in [4.78, 5) is 0. The van der Waals surface area contributed by atoms with Crippen LogP contribution in [-0.4, -0.2) is 14.7 Å². The minimum absolute atomic E-state index is 0.489. The molecule has 0 spiro atoms. The molecule has 0 saturated carbocycles. The van der Waals surface area contributed by atoms with Crippen molar-refractivity contribution in [2.75, 3.05) is 0 Å². The zero-order valence-corrected chi connectivity index (χ0v) is 6.86. The summed E-state index contributed by atoms with van der Waals surface area (Å²) in [6, 6.07) is 3.42. The maximum absolute atomic E-state index is 9.58. The number of aromatic nitrogens is 2. The van der Waals surface area contributed by atoms with Crippen LogP contribution in [0.3, 0.4) is 0 Å². The molecule has 0 aliphatic rings. The van der Waals surface area contributed by atoms with Crippen LogP contribution in [0.15, 0.2) is 28.2 Å². The van der Waals surface area contributed by atoms with Gasteiger partial charge in [-0.1, -0.05) is 4.49 Å². The van der Waals surface area contributed by atoms with Gasteiger partial charge in [-0.05, 0) is 23.7 Å². The summed E-state index contributed by atoms with van der Waals surface area (Å²) < 4.78 is 8.65. The van der Waals surface area contributed by atoms with Crippen LogP contribution in [0.5, 0.6) is 0 Å². The topological polar surface area (TPSA) is 59.2 Å². The van der Waals surface area contributed by atoms with Crippen molar-refractivity contribution in [3.8, 4) is 0 Å². The van der Waals surface area contributed by atoms with Gasteiger partial charge in [0.2, 0.25) is 0 Å². The van der Waals surface area contributed by atoms with Crippen LogP contribution >= 0.6 is 11.5 Å². The molecule has 1 N–H and O–H groups in total. The first kappa shape index (κ1) is 7.45. The quantitative estimate of drug-likeness (QED) is 0.758. The van der Waals surface area contributed by atoms with E-state index < -0.39 is 6.10 Å². The van der Waals surface area contributed by atoms with Gasteiger partial charge in [-0.3, -0.25) is 0 Å². The second-order valence-corrected chi connectivity index (χ2v) is 2.86. The van der Waals surface area contributed by atoms with Crippen LogP contribution in [0, 0.1) is 0 Å². The predicted octanol–water partition coefficient (Wildman–Crippen LogP) is 1.21. The third-order valence-electron chi connectivity index (χ3n) is 1.47. The summed E-state index contributed by atoms with van der Waals surface area (Å²) >= 11 is 1.20. The molecular weight excluding hydrogens is 176 g/mol. The first-order valence-corrected chi connectivity index (χ1v) is 4.20. The van der Waals surface area contributed by atoms with E-state index in [0.717, 1.165) is 0 Å². The van der Waals surface area contributed by atoms with Gasteiger partial charge < -0.3 is 9.52 Å². The number of aliphatic hydroxyl groups excluding tert-OH is 1.